The molecule has 0 aliphatic carbocycles. The van der Waals surface area contributed by atoms with Gasteiger partial charge in [-0.25, -0.2) is 4.98 Å². The van der Waals surface area contributed by atoms with Gasteiger partial charge in [0.1, 0.15) is 5.69 Å². The van der Waals surface area contributed by atoms with Gasteiger partial charge in [-0.15, -0.1) is 16.4 Å². The van der Waals surface area contributed by atoms with Crippen molar-refractivity contribution in [3.63, 3.8) is 0 Å². The van der Waals surface area contributed by atoms with E-state index in [9.17, 15) is 0 Å². The van der Waals surface area contributed by atoms with Crippen LogP contribution in [-0.2, 0) is 0 Å². The van der Waals surface area contributed by atoms with Gasteiger partial charge in [-0.1, -0.05) is 0 Å². The SMILES string of the molecule is CNC1CCN(c2n[nH]c(-c3cscn3)n2)CC1. The second kappa shape index (κ2) is 5.03. The van der Waals surface area contributed by atoms with Crippen LogP contribution < -0.4 is 10.2 Å². The maximum atomic E-state index is 4.51. The molecule has 3 rings (SSSR count). The molecule has 0 radical (unpaired) electrons. The van der Waals surface area contributed by atoms with E-state index in [0.717, 1.165) is 43.4 Å². The quantitative estimate of drug-likeness (QED) is 0.869. The Morgan fingerprint density at radius 1 is 1.44 bits per heavy atom. The van der Waals surface area contributed by atoms with Crippen LogP contribution in [0.15, 0.2) is 10.9 Å². The van der Waals surface area contributed by atoms with Crippen molar-refractivity contribution in [1.82, 2.24) is 25.5 Å². The summed E-state index contributed by atoms with van der Waals surface area (Å²) in [7, 11) is 2.02. The summed E-state index contributed by atoms with van der Waals surface area (Å²) >= 11 is 1.56. The van der Waals surface area contributed by atoms with Gasteiger partial charge in [0.25, 0.3) is 0 Å². The topological polar surface area (TPSA) is 69.7 Å². The normalized spacial score (nSPS) is 17.3. The molecule has 7 heteroatoms. The predicted molar refractivity (Wildman–Crippen MR) is 71.8 cm³/mol. The monoisotopic (exact) mass is 264 g/mol. The number of hydrogen-bond acceptors (Lipinski definition) is 6. The van der Waals surface area contributed by atoms with E-state index in [1.54, 1.807) is 16.8 Å². The third-order valence-corrected chi connectivity index (χ3v) is 3.92. The zero-order valence-electron chi connectivity index (χ0n) is 10.3. The molecule has 18 heavy (non-hydrogen) atoms. The minimum absolute atomic E-state index is 0.623. The van der Waals surface area contributed by atoms with Gasteiger partial charge in [0, 0.05) is 24.5 Å². The lowest BCUT2D eigenvalue weighted by atomic mass is 10.1. The van der Waals surface area contributed by atoms with E-state index in [1.807, 2.05) is 12.4 Å². The number of thiazole rings is 1. The Morgan fingerprint density at radius 2 is 2.28 bits per heavy atom. The first-order valence-corrected chi connectivity index (χ1v) is 7.04. The van der Waals surface area contributed by atoms with Gasteiger partial charge in [-0.3, -0.25) is 5.10 Å². The van der Waals surface area contributed by atoms with Crippen LogP contribution in [0.5, 0.6) is 0 Å². The molecule has 2 aromatic heterocycles. The number of hydrogen-bond donors (Lipinski definition) is 2. The molecule has 6 nitrogen and oxygen atoms in total. The average Bonchev–Trinajstić information content (AvgIpc) is 3.09. The molecule has 0 bridgehead atoms. The lowest BCUT2D eigenvalue weighted by Crippen LogP contribution is -2.41. The molecule has 0 saturated carbocycles. The first kappa shape index (κ1) is 11.6. The fraction of sp³-hybridized carbons (Fsp3) is 0.545. The maximum absolute atomic E-state index is 4.51. The van der Waals surface area contributed by atoms with Crippen LogP contribution in [0.25, 0.3) is 11.5 Å². The molecule has 0 atom stereocenters. The number of H-pyrrole nitrogens is 1. The van der Waals surface area contributed by atoms with E-state index < -0.39 is 0 Å². The van der Waals surface area contributed by atoms with E-state index in [2.05, 4.69) is 30.4 Å². The Morgan fingerprint density at radius 3 is 2.94 bits per heavy atom. The number of piperidine rings is 1. The lowest BCUT2D eigenvalue weighted by molar-refractivity contribution is 0.439. The minimum atomic E-state index is 0.623. The van der Waals surface area contributed by atoms with E-state index in [1.165, 1.54) is 0 Å². The number of nitrogens with zero attached hydrogens (tertiary/aromatic N) is 4. The third-order valence-electron chi connectivity index (χ3n) is 3.33. The van der Waals surface area contributed by atoms with Crippen LogP contribution in [0.1, 0.15) is 12.8 Å². The summed E-state index contributed by atoms with van der Waals surface area (Å²) in [6.45, 7) is 2.00. The van der Waals surface area contributed by atoms with Crippen molar-refractivity contribution in [2.75, 3.05) is 25.0 Å². The predicted octanol–water partition coefficient (Wildman–Crippen LogP) is 1.12. The maximum Gasteiger partial charge on any atom is 0.245 e. The molecule has 96 valence electrons. The number of aromatic nitrogens is 4. The molecule has 1 aliphatic rings. The zero-order valence-corrected chi connectivity index (χ0v) is 11.1. The Kier molecular flexibility index (Phi) is 3.24. The highest BCUT2D eigenvalue weighted by Crippen LogP contribution is 2.20. The molecule has 0 unspecified atom stereocenters. The standard InChI is InChI=1S/C11H16N6S/c1-12-8-2-4-17(5-3-8)11-14-10(15-16-11)9-6-18-7-13-9/h6-8,12H,2-5H2,1H3,(H,14,15,16). The lowest BCUT2D eigenvalue weighted by Gasteiger charge is -2.30. The summed E-state index contributed by atoms with van der Waals surface area (Å²) in [4.78, 5) is 11.0. The number of aromatic amines is 1. The Balaban J connectivity index is 1.71. The van der Waals surface area contributed by atoms with Crippen LogP contribution >= 0.6 is 11.3 Å². The van der Waals surface area contributed by atoms with E-state index in [4.69, 9.17) is 0 Å². The molecule has 1 saturated heterocycles. The highest BCUT2D eigenvalue weighted by molar-refractivity contribution is 7.07. The fourth-order valence-corrected chi connectivity index (χ4v) is 2.74. The second-order valence-corrected chi connectivity index (χ2v) is 5.13. The minimum Gasteiger partial charge on any atom is -0.339 e. The van der Waals surface area contributed by atoms with Gasteiger partial charge >= 0.3 is 0 Å². The summed E-state index contributed by atoms with van der Waals surface area (Å²) < 4.78 is 0. The second-order valence-electron chi connectivity index (χ2n) is 4.41. The van der Waals surface area contributed by atoms with E-state index in [0.29, 0.717) is 6.04 Å². The largest absolute Gasteiger partial charge is 0.339 e. The summed E-state index contributed by atoms with van der Waals surface area (Å²) in [5.74, 6) is 1.54. The van der Waals surface area contributed by atoms with Gasteiger partial charge in [0.2, 0.25) is 5.95 Å². The van der Waals surface area contributed by atoms with Crippen LogP contribution in [0.3, 0.4) is 0 Å². The first-order chi connectivity index (χ1) is 8.86. The Bertz CT molecular complexity index is 485. The van der Waals surface area contributed by atoms with Crippen LogP contribution in [0, 0.1) is 0 Å². The van der Waals surface area contributed by atoms with Crippen molar-refractivity contribution in [2.45, 2.75) is 18.9 Å². The summed E-state index contributed by atoms with van der Waals surface area (Å²) in [6, 6.07) is 0.623. The Labute approximate surface area is 109 Å². The van der Waals surface area contributed by atoms with Crippen molar-refractivity contribution in [1.29, 1.82) is 0 Å². The molecule has 2 N–H and O–H groups in total. The van der Waals surface area contributed by atoms with Crippen molar-refractivity contribution in [3.8, 4) is 11.5 Å². The van der Waals surface area contributed by atoms with E-state index in [-0.39, 0.29) is 0 Å². The highest BCUT2D eigenvalue weighted by atomic mass is 32.1. The number of nitrogens with one attached hydrogen (secondary N) is 2. The summed E-state index contributed by atoms with van der Waals surface area (Å²) in [5, 5.41) is 12.5. The molecule has 0 aromatic carbocycles. The van der Waals surface area contributed by atoms with Gasteiger partial charge in [-0.05, 0) is 19.9 Å². The highest BCUT2D eigenvalue weighted by Gasteiger charge is 2.21. The molecular formula is C11H16N6S. The van der Waals surface area contributed by atoms with Gasteiger partial charge in [0.15, 0.2) is 5.82 Å². The zero-order chi connectivity index (χ0) is 12.4. The van der Waals surface area contributed by atoms with Gasteiger partial charge < -0.3 is 10.2 Å². The summed E-state index contributed by atoms with van der Waals surface area (Å²) in [5.41, 5.74) is 2.67. The van der Waals surface area contributed by atoms with Gasteiger partial charge in [0.05, 0.1) is 5.51 Å². The molecule has 1 aliphatic heterocycles. The Hall–Kier alpha value is -1.47. The first-order valence-electron chi connectivity index (χ1n) is 6.10. The fourth-order valence-electron chi connectivity index (χ4n) is 2.21. The van der Waals surface area contributed by atoms with E-state index >= 15 is 0 Å². The molecule has 1 fully saturated rings. The molecule has 3 heterocycles. The number of rotatable bonds is 3. The number of anilines is 1. The van der Waals surface area contributed by atoms with Crippen LogP contribution in [-0.4, -0.2) is 46.3 Å². The van der Waals surface area contributed by atoms with Crippen molar-refractivity contribution in [2.24, 2.45) is 0 Å². The van der Waals surface area contributed by atoms with Crippen LogP contribution in [0.2, 0.25) is 0 Å². The van der Waals surface area contributed by atoms with Crippen molar-refractivity contribution in [3.05, 3.63) is 10.9 Å². The molecule has 0 spiro atoms. The van der Waals surface area contributed by atoms with Crippen molar-refractivity contribution < 1.29 is 0 Å². The molecule has 0 amide bonds. The van der Waals surface area contributed by atoms with Gasteiger partial charge in [-0.2, -0.15) is 4.98 Å². The summed E-state index contributed by atoms with van der Waals surface area (Å²) in [6.07, 6.45) is 2.27. The van der Waals surface area contributed by atoms with Crippen LogP contribution in [0.4, 0.5) is 5.95 Å². The molecule has 2 aromatic rings. The molecular weight excluding hydrogens is 248 g/mol. The average molecular weight is 264 g/mol. The third kappa shape index (κ3) is 2.23. The smallest absolute Gasteiger partial charge is 0.245 e. The van der Waals surface area contributed by atoms with Crippen molar-refractivity contribution >= 4 is 17.3 Å².